The Labute approximate surface area is 121 Å². The van der Waals surface area contributed by atoms with Gasteiger partial charge in [0.1, 0.15) is 5.75 Å². The third kappa shape index (κ3) is 3.40. The summed E-state index contributed by atoms with van der Waals surface area (Å²) < 4.78 is 5.32. The molecule has 0 amide bonds. The maximum Gasteiger partial charge on any atom is 0.123 e. The monoisotopic (exact) mass is 269 g/mol. The van der Waals surface area contributed by atoms with Crippen LogP contribution >= 0.6 is 0 Å². The van der Waals surface area contributed by atoms with E-state index in [9.17, 15) is 0 Å². The normalized spacial score (nSPS) is 10.8. The molecule has 0 aliphatic carbocycles. The van der Waals surface area contributed by atoms with Gasteiger partial charge in [-0.15, -0.1) is 0 Å². The number of hydrogen-bond acceptors (Lipinski definition) is 2. The van der Waals surface area contributed by atoms with E-state index in [1.54, 1.807) is 7.11 Å². The van der Waals surface area contributed by atoms with Crippen molar-refractivity contribution in [2.45, 2.75) is 26.8 Å². The van der Waals surface area contributed by atoms with E-state index >= 15 is 0 Å². The van der Waals surface area contributed by atoms with Crippen molar-refractivity contribution in [3.8, 4) is 16.9 Å². The minimum absolute atomic E-state index is 0.489. The molecule has 106 valence electrons. The maximum absolute atomic E-state index is 5.79. The van der Waals surface area contributed by atoms with Crippen LogP contribution in [0, 0.1) is 5.92 Å². The lowest BCUT2D eigenvalue weighted by Crippen LogP contribution is -2.00. The zero-order valence-corrected chi connectivity index (χ0v) is 12.5. The molecule has 0 saturated heterocycles. The van der Waals surface area contributed by atoms with Crippen molar-refractivity contribution in [1.29, 1.82) is 0 Å². The zero-order chi connectivity index (χ0) is 14.5. The van der Waals surface area contributed by atoms with Crippen molar-refractivity contribution in [2.24, 2.45) is 11.7 Å². The lowest BCUT2D eigenvalue weighted by atomic mass is 9.97. The molecular weight excluding hydrogens is 246 g/mol. The maximum atomic E-state index is 5.79. The second-order valence-electron chi connectivity index (χ2n) is 5.53. The van der Waals surface area contributed by atoms with Crippen molar-refractivity contribution in [2.75, 3.05) is 7.11 Å². The molecule has 0 atom stereocenters. The van der Waals surface area contributed by atoms with Gasteiger partial charge in [-0.2, -0.15) is 0 Å². The van der Waals surface area contributed by atoms with Crippen molar-refractivity contribution < 1.29 is 4.74 Å². The summed E-state index contributed by atoms with van der Waals surface area (Å²) in [6.45, 7) is 4.97. The highest BCUT2D eigenvalue weighted by Gasteiger charge is 2.06. The summed E-state index contributed by atoms with van der Waals surface area (Å²) in [7, 11) is 1.68. The Balaban J connectivity index is 2.36. The summed E-state index contributed by atoms with van der Waals surface area (Å²) in [5.41, 5.74) is 10.6. The Morgan fingerprint density at radius 1 is 1.05 bits per heavy atom. The van der Waals surface area contributed by atoms with Crippen LogP contribution in [0.25, 0.3) is 11.1 Å². The van der Waals surface area contributed by atoms with Crippen molar-refractivity contribution in [3.05, 3.63) is 53.6 Å². The summed E-state index contributed by atoms with van der Waals surface area (Å²) in [6, 6.07) is 14.9. The number of rotatable bonds is 5. The lowest BCUT2D eigenvalue weighted by molar-refractivity contribution is 0.410. The first-order chi connectivity index (χ1) is 9.63. The van der Waals surface area contributed by atoms with Gasteiger partial charge >= 0.3 is 0 Å². The molecule has 2 aromatic rings. The topological polar surface area (TPSA) is 35.2 Å². The van der Waals surface area contributed by atoms with Crippen molar-refractivity contribution in [3.63, 3.8) is 0 Å². The lowest BCUT2D eigenvalue weighted by Gasteiger charge is -2.11. The molecule has 0 unspecified atom stereocenters. The van der Waals surface area contributed by atoms with Crippen LogP contribution in [0.2, 0.25) is 0 Å². The molecule has 0 bridgehead atoms. The Morgan fingerprint density at radius 2 is 1.80 bits per heavy atom. The first-order valence-corrected chi connectivity index (χ1v) is 7.10. The van der Waals surface area contributed by atoms with Crippen LogP contribution in [0.15, 0.2) is 42.5 Å². The van der Waals surface area contributed by atoms with E-state index in [0.29, 0.717) is 12.5 Å². The molecular formula is C18H23NO. The predicted molar refractivity (Wildman–Crippen MR) is 84.9 cm³/mol. The van der Waals surface area contributed by atoms with Crippen LogP contribution in [0.4, 0.5) is 0 Å². The third-order valence-electron chi connectivity index (χ3n) is 3.40. The van der Waals surface area contributed by atoms with Crippen molar-refractivity contribution >= 4 is 0 Å². The summed E-state index contributed by atoms with van der Waals surface area (Å²) in [5.74, 6) is 1.52. The number of benzene rings is 2. The first kappa shape index (κ1) is 14.6. The molecule has 0 aliphatic heterocycles. The molecule has 0 fully saturated rings. The van der Waals surface area contributed by atoms with Gasteiger partial charge in [0.05, 0.1) is 7.11 Å². The fourth-order valence-corrected chi connectivity index (χ4v) is 2.47. The van der Waals surface area contributed by atoms with Gasteiger partial charge in [0.25, 0.3) is 0 Å². The Hall–Kier alpha value is -1.80. The average Bonchev–Trinajstić information content (AvgIpc) is 2.46. The van der Waals surface area contributed by atoms with Gasteiger partial charge < -0.3 is 10.5 Å². The molecule has 0 radical (unpaired) electrons. The van der Waals surface area contributed by atoms with Gasteiger partial charge in [-0.3, -0.25) is 0 Å². The van der Waals surface area contributed by atoms with Gasteiger partial charge in [0, 0.05) is 12.1 Å². The van der Waals surface area contributed by atoms with E-state index in [4.69, 9.17) is 10.5 Å². The number of nitrogens with two attached hydrogens (primary N) is 1. The SMILES string of the molecule is COc1ccc(-c2cccc(CC(C)C)c2)cc1CN. The van der Waals surface area contributed by atoms with Gasteiger partial charge in [0.2, 0.25) is 0 Å². The number of methoxy groups -OCH3 is 1. The van der Waals surface area contributed by atoms with E-state index in [0.717, 1.165) is 17.7 Å². The second-order valence-corrected chi connectivity index (χ2v) is 5.53. The first-order valence-electron chi connectivity index (χ1n) is 7.10. The molecule has 0 heterocycles. The van der Waals surface area contributed by atoms with E-state index in [2.05, 4.69) is 50.2 Å². The van der Waals surface area contributed by atoms with E-state index in [-0.39, 0.29) is 0 Å². The second kappa shape index (κ2) is 6.58. The summed E-state index contributed by atoms with van der Waals surface area (Å²) in [6.07, 6.45) is 1.10. The van der Waals surface area contributed by atoms with Crippen LogP contribution in [0.1, 0.15) is 25.0 Å². The van der Waals surface area contributed by atoms with Crippen LogP contribution in [0.5, 0.6) is 5.75 Å². The molecule has 0 aliphatic rings. The van der Waals surface area contributed by atoms with Gasteiger partial charge in [-0.25, -0.2) is 0 Å². The summed E-state index contributed by atoms with van der Waals surface area (Å²) in [4.78, 5) is 0. The molecule has 20 heavy (non-hydrogen) atoms. The number of hydrogen-bond donors (Lipinski definition) is 1. The molecule has 2 heteroatoms. The Kier molecular flexibility index (Phi) is 4.80. The van der Waals surface area contributed by atoms with E-state index < -0.39 is 0 Å². The molecule has 0 saturated carbocycles. The summed E-state index contributed by atoms with van der Waals surface area (Å²) in [5, 5.41) is 0. The third-order valence-corrected chi connectivity index (χ3v) is 3.40. The molecule has 2 N–H and O–H groups in total. The van der Waals surface area contributed by atoms with Gasteiger partial charge in [0.15, 0.2) is 0 Å². The highest BCUT2D eigenvalue weighted by Crippen LogP contribution is 2.27. The molecule has 2 aromatic carbocycles. The van der Waals surface area contributed by atoms with E-state index in [1.165, 1.54) is 16.7 Å². The highest BCUT2D eigenvalue weighted by atomic mass is 16.5. The minimum atomic E-state index is 0.489. The van der Waals surface area contributed by atoms with Crippen LogP contribution in [0.3, 0.4) is 0 Å². The fraction of sp³-hybridized carbons (Fsp3) is 0.333. The van der Waals surface area contributed by atoms with Crippen LogP contribution < -0.4 is 10.5 Å². The Bertz CT molecular complexity index is 575. The highest BCUT2D eigenvalue weighted by molar-refractivity contribution is 5.66. The molecule has 0 aromatic heterocycles. The van der Waals surface area contributed by atoms with Crippen LogP contribution in [-0.4, -0.2) is 7.11 Å². The Morgan fingerprint density at radius 3 is 2.45 bits per heavy atom. The van der Waals surface area contributed by atoms with E-state index in [1.807, 2.05) is 6.07 Å². The van der Waals surface area contributed by atoms with Crippen molar-refractivity contribution in [1.82, 2.24) is 0 Å². The fourth-order valence-electron chi connectivity index (χ4n) is 2.47. The molecule has 0 spiro atoms. The zero-order valence-electron chi connectivity index (χ0n) is 12.5. The number of ether oxygens (including phenoxy) is 1. The molecule has 2 nitrogen and oxygen atoms in total. The van der Waals surface area contributed by atoms with Crippen LogP contribution in [-0.2, 0) is 13.0 Å². The van der Waals surface area contributed by atoms with Gasteiger partial charge in [-0.05, 0) is 41.2 Å². The molecule has 2 rings (SSSR count). The standard InChI is InChI=1S/C18H23NO/c1-13(2)9-14-5-4-6-15(10-14)16-7-8-18(20-3)17(11-16)12-19/h4-8,10-11,13H,9,12,19H2,1-3H3. The average molecular weight is 269 g/mol. The van der Waals surface area contributed by atoms with Gasteiger partial charge in [-0.1, -0.05) is 44.2 Å². The largest absolute Gasteiger partial charge is 0.496 e. The predicted octanol–water partition coefficient (Wildman–Crippen LogP) is 4.02. The summed E-state index contributed by atoms with van der Waals surface area (Å²) >= 11 is 0. The minimum Gasteiger partial charge on any atom is -0.496 e. The quantitative estimate of drug-likeness (QED) is 0.889. The smallest absolute Gasteiger partial charge is 0.123 e.